The summed E-state index contributed by atoms with van der Waals surface area (Å²) in [5.41, 5.74) is 6.08. The highest BCUT2D eigenvalue weighted by atomic mass is 16.4. The van der Waals surface area contributed by atoms with Crippen LogP contribution in [0.2, 0.25) is 0 Å². The van der Waals surface area contributed by atoms with Crippen molar-refractivity contribution in [1.29, 1.82) is 0 Å². The summed E-state index contributed by atoms with van der Waals surface area (Å²) >= 11 is 0. The van der Waals surface area contributed by atoms with Crippen molar-refractivity contribution >= 4 is 35.6 Å². The molecule has 1 fully saturated rings. The number of carbonyl (C=O) groups is 6. The standard InChI is InChI=1S/C20H28N6O9/c21-11(3-4-15(27)28)17(31)24-12(7-16(29)30)18(32)25-13(6-10-8-22-9-23-10)19(33)26-5-1-2-14(26)20(34)35/h8-9,11-14H,1-7,21H2,(H,22,23)(H,24,31)(H,25,32)(H,27,28)(H,29,30)(H,34,35). The van der Waals surface area contributed by atoms with E-state index in [1.165, 1.54) is 12.5 Å². The van der Waals surface area contributed by atoms with E-state index in [1.54, 1.807) is 0 Å². The second kappa shape index (κ2) is 12.5. The van der Waals surface area contributed by atoms with Crippen LogP contribution in [0.5, 0.6) is 0 Å². The third kappa shape index (κ3) is 8.06. The lowest BCUT2D eigenvalue weighted by Gasteiger charge is -2.28. The largest absolute Gasteiger partial charge is 0.481 e. The van der Waals surface area contributed by atoms with Gasteiger partial charge in [0.2, 0.25) is 17.7 Å². The van der Waals surface area contributed by atoms with Gasteiger partial charge in [0, 0.05) is 31.3 Å². The lowest BCUT2D eigenvalue weighted by atomic mass is 10.1. The summed E-state index contributed by atoms with van der Waals surface area (Å²) in [5, 5.41) is 31.9. The van der Waals surface area contributed by atoms with Crippen molar-refractivity contribution in [2.45, 2.75) is 62.7 Å². The van der Waals surface area contributed by atoms with E-state index in [0.29, 0.717) is 12.1 Å². The topological polar surface area (TPSA) is 245 Å². The first-order valence-corrected chi connectivity index (χ1v) is 10.8. The van der Waals surface area contributed by atoms with Gasteiger partial charge in [-0.2, -0.15) is 0 Å². The predicted molar refractivity (Wildman–Crippen MR) is 116 cm³/mol. The number of hydrogen-bond donors (Lipinski definition) is 7. The lowest BCUT2D eigenvalue weighted by Crippen LogP contribution is -2.58. The Morgan fingerprint density at radius 2 is 1.77 bits per heavy atom. The minimum Gasteiger partial charge on any atom is -0.481 e. The molecule has 0 saturated carbocycles. The van der Waals surface area contributed by atoms with Gasteiger partial charge in [-0.25, -0.2) is 9.78 Å². The van der Waals surface area contributed by atoms with Gasteiger partial charge in [0.1, 0.15) is 18.1 Å². The van der Waals surface area contributed by atoms with Crippen LogP contribution in [0.3, 0.4) is 0 Å². The Labute approximate surface area is 199 Å². The molecule has 1 aliphatic heterocycles. The van der Waals surface area contributed by atoms with Crippen LogP contribution in [0.4, 0.5) is 0 Å². The van der Waals surface area contributed by atoms with Crippen LogP contribution in [0.1, 0.15) is 37.8 Å². The van der Waals surface area contributed by atoms with E-state index in [1.807, 2.05) is 0 Å². The first-order chi connectivity index (χ1) is 16.5. The predicted octanol–water partition coefficient (Wildman–Crippen LogP) is -2.34. The van der Waals surface area contributed by atoms with Crippen molar-refractivity contribution in [3.8, 4) is 0 Å². The van der Waals surface area contributed by atoms with Crippen molar-refractivity contribution in [3.63, 3.8) is 0 Å². The Morgan fingerprint density at radius 3 is 2.34 bits per heavy atom. The maximum absolute atomic E-state index is 13.2. The van der Waals surface area contributed by atoms with Gasteiger partial charge in [0.25, 0.3) is 0 Å². The zero-order valence-corrected chi connectivity index (χ0v) is 18.7. The molecule has 1 aliphatic rings. The maximum atomic E-state index is 13.2. The average molecular weight is 496 g/mol. The molecule has 1 aromatic heterocycles. The van der Waals surface area contributed by atoms with Crippen LogP contribution in [0.15, 0.2) is 12.5 Å². The molecular formula is C20H28N6O9. The summed E-state index contributed by atoms with van der Waals surface area (Å²) in [6.07, 6.45) is 1.87. The molecule has 0 bridgehead atoms. The highest BCUT2D eigenvalue weighted by molar-refractivity contribution is 5.96. The maximum Gasteiger partial charge on any atom is 0.326 e. The fraction of sp³-hybridized carbons (Fsp3) is 0.550. The minimum atomic E-state index is -1.62. The molecule has 0 aromatic carbocycles. The van der Waals surface area contributed by atoms with Crippen LogP contribution in [-0.2, 0) is 35.2 Å². The summed E-state index contributed by atoms with van der Waals surface area (Å²) in [5.74, 6) is -6.42. The van der Waals surface area contributed by atoms with E-state index in [9.17, 15) is 39.0 Å². The fourth-order valence-electron chi connectivity index (χ4n) is 3.65. The number of amides is 3. The summed E-state index contributed by atoms with van der Waals surface area (Å²) < 4.78 is 0. The van der Waals surface area contributed by atoms with Crippen LogP contribution in [0.25, 0.3) is 0 Å². The van der Waals surface area contributed by atoms with E-state index < -0.39 is 72.6 Å². The van der Waals surface area contributed by atoms with Crippen LogP contribution < -0.4 is 16.4 Å². The van der Waals surface area contributed by atoms with E-state index in [0.717, 1.165) is 4.90 Å². The molecular weight excluding hydrogens is 468 g/mol. The van der Waals surface area contributed by atoms with E-state index in [2.05, 4.69) is 20.6 Å². The SMILES string of the molecule is NC(CCC(=O)O)C(=O)NC(CC(=O)O)C(=O)NC(Cc1cnc[nH]1)C(=O)N1CCCC1C(=O)O. The van der Waals surface area contributed by atoms with E-state index in [4.69, 9.17) is 10.8 Å². The first-order valence-electron chi connectivity index (χ1n) is 10.8. The average Bonchev–Trinajstić information content (AvgIpc) is 3.47. The highest BCUT2D eigenvalue weighted by Crippen LogP contribution is 2.19. The molecule has 4 atom stereocenters. The lowest BCUT2D eigenvalue weighted by molar-refractivity contribution is -0.149. The molecule has 4 unspecified atom stereocenters. The fourth-order valence-corrected chi connectivity index (χ4v) is 3.65. The molecule has 0 aliphatic carbocycles. The van der Waals surface area contributed by atoms with Crippen molar-refractivity contribution in [2.24, 2.45) is 5.73 Å². The van der Waals surface area contributed by atoms with Crippen molar-refractivity contribution < 1.29 is 44.1 Å². The van der Waals surface area contributed by atoms with Gasteiger partial charge in [-0.1, -0.05) is 0 Å². The Kier molecular flexibility index (Phi) is 9.69. The molecule has 0 spiro atoms. The van der Waals surface area contributed by atoms with Gasteiger partial charge in [-0.15, -0.1) is 0 Å². The number of aromatic nitrogens is 2. The number of nitrogens with two attached hydrogens (primary N) is 1. The molecule has 15 nitrogen and oxygen atoms in total. The number of aliphatic carboxylic acids is 3. The Hall–Kier alpha value is -4.01. The number of hydrogen-bond acceptors (Lipinski definition) is 8. The third-order valence-electron chi connectivity index (χ3n) is 5.43. The number of nitrogens with one attached hydrogen (secondary N) is 3. The van der Waals surface area contributed by atoms with Crippen molar-refractivity contribution in [3.05, 3.63) is 18.2 Å². The molecule has 1 aromatic rings. The Morgan fingerprint density at radius 1 is 1.09 bits per heavy atom. The number of nitrogens with zero attached hydrogens (tertiary/aromatic N) is 2. The normalized spacial score (nSPS) is 17.7. The number of likely N-dealkylation sites (tertiary alicyclic amines) is 1. The Bertz CT molecular complexity index is 951. The number of carbonyl (C=O) groups excluding carboxylic acids is 3. The van der Waals surface area contributed by atoms with Crippen molar-refractivity contribution in [1.82, 2.24) is 25.5 Å². The van der Waals surface area contributed by atoms with Gasteiger partial charge in [-0.05, 0) is 19.3 Å². The molecule has 1 saturated heterocycles. The van der Waals surface area contributed by atoms with Gasteiger partial charge in [0.15, 0.2) is 0 Å². The summed E-state index contributed by atoms with van der Waals surface area (Å²) in [7, 11) is 0. The quantitative estimate of drug-likeness (QED) is 0.152. The molecule has 8 N–H and O–H groups in total. The highest BCUT2D eigenvalue weighted by Gasteiger charge is 2.39. The molecule has 192 valence electrons. The zero-order valence-electron chi connectivity index (χ0n) is 18.7. The second-order valence-corrected chi connectivity index (χ2v) is 8.07. The van der Waals surface area contributed by atoms with E-state index >= 15 is 0 Å². The molecule has 2 heterocycles. The van der Waals surface area contributed by atoms with Gasteiger partial charge < -0.3 is 41.6 Å². The van der Waals surface area contributed by atoms with Gasteiger partial charge in [-0.3, -0.25) is 24.0 Å². The van der Waals surface area contributed by atoms with Crippen molar-refractivity contribution in [2.75, 3.05) is 6.54 Å². The summed E-state index contributed by atoms with van der Waals surface area (Å²) in [4.78, 5) is 79.7. The van der Waals surface area contributed by atoms with E-state index in [-0.39, 0.29) is 25.8 Å². The minimum absolute atomic E-state index is 0.0979. The number of H-pyrrole nitrogens is 1. The molecule has 2 rings (SSSR count). The van der Waals surface area contributed by atoms with Crippen LogP contribution in [-0.4, -0.2) is 96.5 Å². The van der Waals surface area contributed by atoms with Gasteiger partial charge >= 0.3 is 17.9 Å². The molecule has 35 heavy (non-hydrogen) atoms. The Balaban J connectivity index is 2.19. The van der Waals surface area contributed by atoms with Crippen LogP contribution >= 0.6 is 0 Å². The number of rotatable bonds is 13. The van der Waals surface area contributed by atoms with Crippen LogP contribution in [0, 0.1) is 0 Å². The second-order valence-electron chi connectivity index (χ2n) is 8.07. The number of carboxylic acids is 3. The first kappa shape index (κ1) is 27.2. The van der Waals surface area contributed by atoms with Gasteiger partial charge in [0.05, 0.1) is 18.8 Å². The molecule has 3 amide bonds. The zero-order chi connectivity index (χ0) is 26.1. The number of aromatic amines is 1. The number of imidazole rings is 1. The number of carboxylic acid groups (broad SMARTS) is 3. The summed E-state index contributed by atoms with van der Waals surface area (Å²) in [6, 6.07) is -5.28. The monoisotopic (exact) mass is 496 g/mol. The smallest absolute Gasteiger partial charge is 0.326 e. The summed E-state index contributed by atoms with van der Waals surface area (Å²) in [6.45, 7) is 0.166. The third-order valence-corrected chi connectivity index (χ3v) is 5.43. The molecule has 15 heteroatoms. The molecule has 0 radical (unpaired) electrons.